The average Bonchev–Trinajstić information content (AvgIpc) is 2.97. The molecule has 0 saturated heterocycles. The van der Waals surface area contributed by atoms with Crippen LogP contribution in [0.5, 0.6) is 0 Å². The van der Waals surface area contributed by atoms with Gasteiger partial charge in [-0.3, -0.25) is 0 Å². The lowest BCUT2D eigenvalue weighted by molar-refractivity contribution is 0.0691. The van der Waals surface area contributed by atoms with Gasteiger partial charge in [-0.05, 0) is 12.8 Å². The summed E-state index contributed by atoms with van der Waals surface area (Å²) in [5.74, 6) is -0.463. The average molecular weight is 289 g/mol. The maximum atomic E-state index is 11.4. The van der Waals surface area contributed by atoms with E-state index in [0.717, 1.165) is 25.7 Å². The Bertz CT molecular complexity index is 638. The van der Waals surface area contributed by atoms with Crippen molar-refractivity contribution in [1.82, 2.24) is 24.5 Å². The van der Waals surface area contributed by atoms with Crippen molar-refractivity contribution in [2.45, 2.75) is 44.6 Å². The molecule has 7 heteroatoms. The first-order valence-corrected chi connectivity index (χ1v) is 7.34. The molecule has 0 spiro atoms. The monoisotopic (exact) mass is 289 g/mol. The quantitative estimate of drug-likeness (QED) is 0.876. The molecule has 0 aromatic carbocycles. The van der Waals surface area contributed by atoms with Crippen LogP contribution in [-0.4, -0.2) is 35.6 Å². The molecule has 3 rings (SSSR count). The van der Waals surface area contributed by atoms with Crippen LogP contribution in [0.1, 0.15) is 55.1 Å². The minimum atomic E-state index is -1.06. The fourth-order valence-electron chi connectivity index (χ4n) is 3.00. The standard InChI is InChI=1S/C14H19N5O2/c1-18-9-8-15-13(18)12-11(14(20)21)16-17-19(12)10-6-4-2-3-5-7-10/h8-10H,2-7H2,1H3,(H,20,21). The van der Waals surface area contributed by atoms with Gasteiger partial charge < -0.3 is 9.67 Å². The molecule has 2 aromatic rings. The zero-order valence-corrected chi connectivity index (χ0v) is 12.1. The van der Waals surface area contributed by atoms with Gasteiger partial charge in [-0.1, -0.05) is 30.9 Å². The summed E-state index contributed by atoms with van der Waals surface area (Å²) in [6, 6.07) is 0.208. The van der Waals surface area contributed by atoms with Crippen molar-refractivity contribution in [2.24, 2.45) is 7.05 Å². The van der Waals surface area contributed by atoms with E-state index < -0.39 is 5.97 Å². The number of carbonyl (C=O) groups is 1. The predicted molar refractivity (Wildman–Crippen MR) is 75.9 cm³/mol. The molecular formula is C14H19N5O2. The third-order valence-corrected chi connectivity index (χ3v) is 4.10. The van der Waals surface area contributed by atoms with Crippen molar-refractivity contribution in [3.05, 3.63) is 18.1 Å². The maximum absolute atomic E-state index is 11.4. The van der Waals surface area contributed by atoms with E-state index in [2.05, 4.69) is 15.3 Å². The summed E-state index contributed by atoms with van der Waals surface area (Å²) < 4.78 is 3.58. The van der Waals surface area contributed by atoms with E-state index in [4.69, 9.17) is 0 Å². The Labute approximate surface area is 122 Å². The maximum Gasteiger partial charge on any atom is 0.358 e. The van der Waals surface area contributed by atoms with Crippen LogP contribution in [0.25, 0.3) is 11.5 Å². The molecule has 1 fully saturated rings. The van der Waals surface area contributed by atoms with Crippen molar-refractivity contribution < 1.29 is 9.90 Å². The van der Waals surface area contributed by atoms with Crippen molar-refractivity contribution in [1.29, 1.82) is 0 Å². The van der Waals surface area contributed by atoms with Crippen LogP contribution in [0.3, 0.4) is 0 Å². The zero-order chi connectivity index (χ0) is 14.8. The number of aromatic carboxylic acids is 1. The van der Waals surface area contributed by atoms with Crippen LogP contribution < -0.4 is 0 Å². The van der Waals surface area contributed by atoms with Gasteiger partial charge in [0.25, 0.3) is 0 Å². The molecule has 0 amide bonds. The van der Waals surface area contributed by atoms with Crippen molar-refractivity contribution in [3.8, 4) is 11.5 Å². The highest BCUT2D eigenvalue weighted by molar-refractivity contribution is 5.91. The molecule has 0 bridgehead atoms. The Kier molecular flexibility index (Phi) is 3.72. The lowest BCUT2D eigenvalue weighted by atomic mass is 10.1. The molecule has 21 heavy (non-hydrogen) atoms. The molecule has 0 unspecified atom stereocenters. The number of hydrogen-bond donors (Lipinski definition) is 1. The predicted octanol–water partition coefficient (Wildman–Crippen LogP) is 2.27. The van der Waals surface area contributed by atoms with Crippen LogP contribution in [0.15, 0.2) is 12.4 Å². The number of aryl methyl sites for hydroxylation is 1. The first-order chi connectivity index (χ1) is 10.2. The number of aromatic nitrogens is 5. The summed E-state index contributed by atoms with van der Waals surface area (Å²) in [6.07, 6.45) is 10.2. The molecule has 0 atom stereocenters. The molecular weight excluding hydrogens is 270 g/mol. The number of carboxylic acid groups (broad SMARTS) is 1. The smallest absolute Gasteiger partial charge is 0.358 e. The minimum Gasteiger partial charge on any atom is -0.476 e. The molecule has 2 heterocycles. The van der Waals surface area contributed by atoms with Gasteiger partial charge >= 0.3 is 5.97 Å². The van der Waals surface area contributed by atoms with Gasteiger partial charge in [0.1, 0.15) is 5.69 Å². The van der Waals surface area contributed by atoms with Gasteiger partial charge in [0.05, 0.1) is 6.04 Å². The second kappa shape index (κ2) is 5.67. The Morgan fingerprint density at radius 2 is 2.00 bits per heavy atom. The van der Waals surface area contributed by atoms with E-state index in [-0.39, 0.29) is 11.7 Å². The molecule has 1 aliphatic rings. The van der Waals surface area contributed by atoms with E-state index in [1.54, 1.807) is 21.6 Å². The van der Waals surface area contributed by atoms with Gasteiger partial charge in [0.2, 0.25) is 5.69 Å². The Morgan fingerprint density at radius 3 is 2.57 bits per heavy atom. The molecule has 2 aromatic heterocycles. The molecule has 1 saturated carbocycles. The topological polar surface area (TPSA) is 85.8 Å². The highest BCUT2D eigenvalue weighted by Gasteiger charge is 2.27. The summed E-state index contributed by atoms with van der Waals surface area (Å²) >= 11 is 0. The summed E-state index contributed by atoms with van der Waals surface area (Å²) in [4.78, 5) is 15.7. The Morgan fingerprint density at radius 1 is 1.29 bits per heavy atom. The number of nitrogens with zero attached hydrogens (tertiary/aromatic N) is 5. The first kappa shape index (κ1) is 13.8. The third kappa shape index (κ3) is 2.55. The largest absolute Gasteiger partial charge is 0.476 e. The second-order valence-corrected chi connectivity index (χ2v) is 5.54. The number of imidazole rings is 1. The van der Waals surface area contributed by atoms with Gasteiger partial charge in [-0.2, -0.15) is 0 Å². The second-order valence-electron chi connectivity index (χ2n) is 5.54. The van der Waals surface area contributed by atoms with Gasteiger partial charge in [-0.25, -0.2) is 14.5 Å². The van der Waals surface area contributed by atoms with Gasteiger partial charge in [0.15, 0.2) is 5.82 Å². The van der Waals surface area contributed by atoms with E-state index in [1.165, 1.54) is 12.8 Å². The van der Waals surface area contributed by atoms with Gasteiger partial charge in [0, 0.05) is 19.4 Å². The normalized spacial score (nSPS) is 16.8. The van der Waals surface area contributed by atoms with E-state index in [9.17, 15) is 9.90 Å². The Balaban J connectivity index is 2.08. The molecule has 1 aliphatic carbocycles. The molecule has 0 radical (unpaired) electrons. The molecule has 0 aliphatic heterocycles. The van der Waals surface area contributed by atoms with Crippen molar-refractivity contribution >= 4 is 5.97 Å². The molecule has 7 nitrogen and oxygen atoms in total. The Hall–Kier alpha value is -2.18. The van der Waals surface area contributed by atoms with Crippen molar-refractivity contribution in [3.63, 3.8) is 0 Å². The molecule has 112 valence electrons. The summed E-state index contributed by atoms with van der Waals surface area (Å²) in [5.41, 5.74) is 0.496. The zero-order valence-electron chi connectivity index (χ0n) is 12.1. The lowest BCUT2D eigenvalue weighted by Gasteiger charge is -2.17. The van der Waals surface area contributed by atoms with Crippen LogP contribution >= 0.6 is 0 Å². The first-order valence-electron chi connectivity index (χ1n) is 7.34. The number of carboxylic acids is 1. The van der Waals surface area contributed by atoms with Crippen LogP contribution in [0.4, 0.5) is 0 Å². The van der Waals surface area contributed by atoms with Crippen molar-refractivity contribution in [2.75, 3.05) is 0 Å². The summed E-state index contributed by atoms with van der Waals surface area (Å²) in [5, 5.41) is 17.4. The lowest BCUT2D eigenvalue weighted by Crippen LogP contribution is -2.14. The van der Waals surface area contributed by atoms with Gasteiger partial charge in [-0.15, -0.1) is 5.10 Å². The van der Waals surface area contributed by atoms with Crippen LogP contribution in [0.2, 0.25) is 0 Å². The van der Waals surface area contributed by atoms with Crippen LogP contribution in [-0.2, 0) is 7.05 Å². The SMILES string of the molecule is Cn1ccnc1-c1c(C(=O)O)nnn1C1CCCCCC1. The highest BCUT2D eigenvalue weighted by Crippen LogP contribution is 2.31. The fraction of sp³-hybridized carbons (Fsp3) is 0.571. The number of hydrogen-bond acceptors (Lipinski definition) is 4. The third-order valence-electron chi connectivity index (χ3n) is 4.10. The van der Waals surface area contributed by atoms with E-state index in [1.807, 2.05) is 7.05 Å². The minimum absolute atomic E-state index is 0.0199. The summed E-state index contributed by atoms with van der Waals surface area (Å²) in [7, 11) is 1.85. The number of rotatable bonds is 3. The van der Waals surface area contributed by atoms with E-state index >= 15 is 0 Å². The van der Waals surface area contributed by atoms with E-state index in [0.29, 0.717) is 11.5 Å². The molecule has 1 N–H and O–H groups in total. The van der Waals surface area contributed by atoms with Crippen LogP contribution in [0, 0.1) is 0 Å². The fourth-order valence-corrected chi connectivity index (χ4v) is 3.00. The summed E-state index contributed by atoms with van der Waals surface area (Å²) in [6.45, 7) is 0. The highest BCUT2D eigenvalue weighted by atomic mass is 16.4.